The molecule has 0 bridgehead atoms. The molecule has 3 aromatic heterocycles. The second-order valence-electron chi connectivity index (χ2n) is 9.67. The van der Waals surface area contributed by atoms with Gasteiger partial charge >= 0.3 is 5.69 Å². The molecule has 1 N–H and O–H groups in total. The second kappa shape index (κ2) is 9.43. The van der Waals surface area contributed by atoms with E-state index in [2.05, 4.69) is 27.0 Å². The van der Waals surface area contributed by atoms with E-state index < -0.39 is 0 Å². The molecule has 8 nitrogen and oxygen atoms in total. The number of piperidine rings is 1. The molecule has 2 aliphatic heterocycles. The summed E-state index contributed by atoms with van der Waals surface area (Å²) < 4.78 is 12.9. The van der Waals surface area contributed by atoms with Crippen LogP contribution < -0.4 is 10.4 Å². The standard InChI is InChI=1S/C27H31N5O3/c1-31-26-24(20-16-34-17-20)29-22-8-6-18(14-21(22)25(26)30-27(31)33)19-7-9-23(28-15-19)35-13-5-12-32-10-3-2-4-11-32/h6-9,14-15,20H,2-5,10-13,16-17H2,1H3,(H,30,33). The van der Waals surface area contributed by atoms with Gasteiger partial charge in [0.05, 0.1) is 48.0 Å². The van der Waals surface area contributed by atoms with Crippen LogP contribution in [-0.2, 0) is 11.8 Å². The molecule has 2 saturated heterocycles. The number of ether oxygens (including phenoxy) is 2. The van der Waals surface area contributed by atoms with E-state index in [4.69, 9.17) is 14.5 Å². The first-order chi connectivity index (χ1) is 17.2. The van der Waals surface area contributed by atoms with Crippen molar-refractivity contribution < 1.29 is 9.47 Å². The number of nitrogens with one attached hydrogen (secondary N) is 1. The maximum Gasteiger partial charge on any atom is 0.326 e. The number of likely N-dealkylation sites (tertiary alicyclic amines) is 1. The Hall–Kier alpha value is -3.23. The topological polar surface area (TPSA) is 85.3 Å². The van der Waals surface area contributed by atoms with Crippen LogP contribution in [-0.4, -0.2) is 63.9 Å². The van der Waals surface area contributed by atoms with Gasteiger partial charge in [0.15, 0.2) is 0 Å². The smallest absolute Gasteiger partial charge is 0.326 e. The fourth-order valence-electron chi connectivity index (χ4n) is 5.17. The van der Waals surface area contributed by atoms with Gasteiger partial charge in [0.1, 0.15) is 0 Å². The highest BCUT2D eigenvalue weighted by molar-refractivity contribution is 6.04. The number of rotatable bonds is 7. The number of benzene rings is 1. The number of nitrogens with zero attached hydrogens (tertiary/aromatic N) is 4. The Bertz CT molecular complexity index is 1400. The van der Waals surface area contributed by atoms with E-state index in [-0.39, 0.29) is 11.6 Å². The third kappa shape index (κ3) is 4.32. The van der Waals surface area contributed by atoms with Crippen molar-refractivity contribution >= 4 is 21.9 Å². The van der Waals surface area contributed by atoms with E-state index >= 15 is 0 Å². The van der Waals surface area contributed by atoms with Crippen molar-refractivity contribution in [3.8, 4) is 17.0 Å². The third-order valence-corrected chi connectivity index (χ3v) is 7.27. The molecule has 6 rings (SSSR count). The van der Waals surface area contributed by atoms with Crippen LogP contribution in [0.2, 0.25) is 0 Å². The number of imidazole rings is 1. The zero-order chi connectivity index (χ0) is 23.8. The molecule has 5 heterocycles. The number of hydrogen-bond acceptors (Lipinski definition) is 6. The quantitative estimate of drug-likeness (QED) is 0.411. The van der Waals surface area contributed by atoms with Gasteiger partial charge in [-0.05, 0) is 56.1 Å². The molecular weight excluding hydrogens is 442 g/mol. The Morgan fingerprint density at radius 3 is 2.69 bits per heavy atom. The Labute approximate surface area is 203 Å². The molecule has 2 fully saturated rings. The number of pyridine rings is 2. The van der Waals surface area contributed by atoms with Gasteiger partial charge in [-0.2, -0.15) is 0 Å². The average molecular weight is 474 g/mol. The number of aromatic amines is 1. The summed E-state index contributed by atoms with van der Waals surface area (Å²) in [5.41, 5.74) is 5.36. The van der Waals surface area contributed by atoms with E-state index in [1.165, 1.54) is 32.4 Å². The van der Waals surface area contributed by atoms with Gasteiger partial charge in [0.25, 0.3) is 0 Å². The van der Waals surface area contributed by atoms with Crippen molar-refractivity contribution in [2.75, 3.05) is 39.5 Å². The van der Waals surface area contributed by atoms with Crippen molar-refractivity contribution in [3.63, 3.8) is 0 Å². The molecule has 0 unspecified atom stereocenters. The van der Waals surface area contributed by atoms with Crippen LogP contribution in [0.25, 0.3) is 33.1 Å². The third-order valence-electron chi connectivity index (χ3n) is 7.27. The first kappa shape index (κ1) is 22.2. The van der Waals surface area contributed by atoms with Gasteiger partial charge in [-0.25, -0.2) is 9.78 Å². The monoisotopic (exact) mass is 473 g/mol. The lowest BCUT2D eigenvalue weighted by molar-refractivity contribution is 0.00734. The average Bonchev–Trinajstić information content (AvgIpc) is 3.16. The van der Waals surface area contributed by atoms with Crippen molar-refractivity contribution in [3.05, 3.63) is 52.7 Å². The number of aromatic nitrogens is 4. The Morgan fingerprint density at radius 2 is 1.94 bits per heavy atom. The van der Waals surface area contributed by atoms with Crippen LogP contribution in [0.5, 0.6) is 5.88 Å². The molecule has 0 spiro atoms. The van der Waals surface area contributed by atoms with Crippen molar-refractivity contribution in [2.24, 2.45) is 7.05 Å². The van der Waals surface area contributed by atoms with Gasteiger partial charge < -0.3 is 19.4 Å². The van der Waals surface area contributed by atoms with Gasteiger partial charge in [0.2, 0.25) is 5.88 Å². The van der Waals surface area contributed by atoms with Crippen molar-refractivity contribution in [2.45, 2.75) is 31.6 Å². The Morgan fingerprint density at radius 1 is 1.11 bits per heavy atom. The van der Waals surface area contributed by atoms with E-state index in [0.29, 0.717) is 25.7 Å². The Balaban J connectivity index is 1.21. The number of aryl methyl sites for hydroxylation is 1. The summed E-state index contributed by atoms with van der Waals surface area (Å²) in [5, 5.41) is 0.928. The highest BCUT2D eigenvalue weighted by atomic mass is 16.5. The SMILES string of the molecule is Cn1c(=O)[nH]c2c3cc(-c4ccc(OCCCN5CCCCC5)nc4)ccc3nc(C3COC3)c21. The van der Waals surface area contributed by atoms with Crippen LogP contribution in [0.15, 0.2) is 41.3 Å². The predicted octanol–water partition coefficient (Wildman–Crippen LogP) is 3.85. The molecule has 35 heavy (non-hydrogen) atoms. The van der Waals surface area contributed by atoms with Crippen LogP contribution in [0.3, 0.4) is 0 Å². The highest BCUT2D eigenvalue weighted by Gasteiger charge is 2.27. The Kier molecular flexibility index (Phi) is 6.00. The van der Waals surface area contributed by atoms with E-state index in [9.17, 15) is 4.79 Å². The fraction of sp³-hybridized carbons (Fsp3) is 0.444. The summed E-state index contributed by atoms with van der Waals surface area (Å²) in [6, 6.07) is 10.1. The molecule has 0 aliphatic carbocycles. The number of H-pyrrole nitrogens is 1. The second-order valence-corrected chi connectivity index (χ2v) is 9.67. The molecular formula is C27H31N5O3. The first-order valence-electron chi connectivity index (χ1n) is 12.6. The minimum Gasteiger partial charge on any atom is -0.478 e. The minimum atomic E-state index is -0.135. The summed E-state index contributed by atoms with van der Waals surface area (Å²) in [6.45, 7) is 5.49. The van der Waals surface area contributed by atoms with E-state index in [0.717, 1.165) is 51.7 Å². The summed E-state index contributed by atoms with van der Waals surface area (Å²) in [5.74, 6) is 0.872. The molecule has 0 saturated carbocycles. The molecule has 2 aliphatic rings. The normalized spacial score (nSPS) is 17.2. The summed E-state index contributed by atoms with van der Waals surface area (Å²) in [4.78, 5) is 27.5. The van der Waals surface area contributed by atoms with Crippen molar-refractivity contribution in [1.29, 1.82) is 0 Å². The predicted molar refractivity (Wildman–Crippen MR) is 136 cm³/mol. The fourth-order valence-corrected chi connectivity index (χ4v) is 5.17. The maximum absolute atomic E-state index is 12.5. The highest BCUT2D eigenvalue weighted by Crippen LogP contribution is 2.34. The summed E-state index contributed by atoms with van der Waals surface area (Å²) in [7, 11) is 1.79. The number of hydrogen-bond donors (Lipinski definition) is 1. The molecule has 1 aromatic carbocycles. The van der Waals surface area contributed by atoms with E-state index in [1.54, 1.807) is 11.6 Å². The van der Waals surface area contributed by atoms with E-state index in [1.807, 2.05) is 24.4 Å². The molecule has 0 radical (unpaired) electrons. The van der Waals surface area contributed by atoms with Gasteiger partial charge in [-0.1, -0.05) is 12.5 Å². The molecule has 182 valence electrons. The maximum atomic E-state index is 12.5. The summed E-state index contributed by atoms with van der Waals surface area (Å²) in [6.07, 6.45) is 6.86. The van der Waals surface area contributed by atoms with Crippen LogP contribution in [0, 0.1) is 0 Å². The first-order valence-corrected chi connectivity index (χ1v) is 12.6. The molecule has 4 aromatic rings. The van der Waals surface area contributed by atoms with Crippen LogP contribution >= 0.6 is 0 Å². The summed E-state index contributed by atoms with van der Waals surface area (Å²) >= 11 is 0. The lowest BCUT2D eigenvalue weighted by Gasteiger charge is -2.26. The lowest BCUT2D eigenvalue weighted by atomic mass is 9.98. The lowest BCUT2D eigenvalue weighted by Crippen LogP contribution is -2.31. The van der Waals surface area contributed by atoms with Gasteiger partial charge in [-0.15, -0.1) is 0 Å². The minimum absolute atomic E-state index is 0.135. The molecule has 0 atom stereocenters. The van der Waals surface area contributed by atoms with Crippen molar-refractivity contribution in [1.82, 2.24) is 24.4 Å². The van der Waals surface area contributed by atoms with Gasteiger partial charge in [-0.3, -0.25) is 9.55 Å². The number of fused-ring (bicyclic) bond motifs is 3. The largest absolute Gasteiger partial charge is 0.478 e. The zero-order valence-corrected chi connectivity index (χ0v) is 20.1. The zero-order valence-electron chi connectivity index (χ0n) is 20.1. The van der Waals surface area contributed by atoms with Crippen LogP contribution in [0.4, 0.5) is 0 Å². The van der Waals surface area contributed by atoms with Crippen LogP contribution in [0.1, 0.15) is 37.3 Å². The van der Waals surface area contributed by atoms with Gasteiger partial charge in [0, 0.05) is 36.8 Å². The molecule has 0 amide bonds. The molecule has 8 heteroatoms.